The molecule has 0 radical (unpaired) electrons. The molecular formula is C24H24F2N4O5. The standard InChI is InChI=1S/C24H24F2N4O5/c1-22(2)23(11-32-12-23)24(13-33-21(27)30-24)16-9-14(7-8-18(16)35-22)29-19(31)17-6-4-3-5-15(10-28-17)34-20(25)26/h3-10,20H,11-13H2,1-2H3,(H2,27,30)(H,29,31)/b4-3+,5-3?,6-4?,15-5-,15-10?,17-6?,28-10?,28-17?. The number of hydrogen-bond acceptors (Lipinski definition) is 8. The van der Waals surface area contributed by atoms with Gasteiger partial charge in [-0.3, -0.25) is 4.79 Å². The van der Waals surface area contributed by atoms with Gasteiger partial charge in [0.15, 0.2) is 0 Å². The molecule has 4 aliphatic heterocycles. The summed E-state index contributed by atoms with van der Waals surface area (Å²) in [6.07, 6.45) is 6.82. The van der Waals surface area contributed by atoms with Crippen LogP contribution in [0.3, 0.4) is 0 Å². The van der Waals surface area contributed by atoms with Crippen molar-refractivity contribution in [3.8, 4) is 5.75 Å². The van der Waals surface area contributed by atoms with Crippen molar-refractivity contribution in [3.63, 3.8) is 0 Å². The first kappa shape index (κ1) is 23.0. The zero-order valence-electron chi connectivity index (χ0n) is 19.1. The van der Waals surface area contributed by atoms with E-state index < -0.39 is 29.1 Å². The summed E-state index contributed by atoms with van der Waals surface area (Å²) in [6.45, 7) is 2.04. The second-order valence-corrected chi connectivity index (χ2v) is 9.09. The van der Waals surface area contributed by atoms with E-state index in [2.05, 4.69) is 15.0 Å². The van der Waals surface area contributed by atoms with E-state index in [1.54, 1.807) is 18.2 Å². The van der Waals surface area contributed by atoms with Crippen LogP contribution in [0, 0.1) is 5.41 Å². The van der Waals surface area contributed by atoms with Crippen molar-refractivity contribution < 1.29 is 32.5 Å². The number of halogens is 2. The summed E-state index contributed by atoms with van der Waals surface area (Å²) in [5.41, 5.74) is 5.18. The summed E-state index contributed by atoms with van der Waals surface area (Å²) in [6, 6.07) is 5.33. The van der Waals surface area contributed by atoms with Gasteiger partial charge < -0.3 is 30.0 Å². The smallest absolute Gasteiger partial charge is 0.387 e. The highest BCUT2D eigenvalue weighted by Gasteiger charge is 2.71. The van der Waals surface area contributed by atoms with Crippen LogP contribution in [0.25, 0.3) is 0 Å². The summed E-state index contributed by atoms with van der Waals surface area (Å²) >= 11 is 0. The molecule has 0 aromatic heterocycles. The van der Waals surface area contributed by atoms with Gasteiger partial charge in [0.1, 0.15) is 35.0 Å². The van der Waals surface area contributed by atoms with Crippen LogP contribution in [0.2, 0.25) is 0 Å². The molecule has 1 atom stereocenters. The molecule has 11 heteroatoms. The summed E-state index contributed by atoms with van der Waals surface area (Å²) in [5.74, 6) is -0.102. The van der Waals surface area contributed by atoms with Gasteiger partial charge in [-0.1, -0.05) is 12.2 Å². The number of amides is 1. The van der Waals surface area contributed by atoms with Crippen molar-refractivity contribution in [1.82, 2.24) is 0 Å². The van der Waals surface area contributed by atoms with Crippen molar-refractivity contribution in [2.45, 2.75) is 31.6 Å². The molecule has 5 rings (SSSR count). The van der Waals surface area contributed by atoms with Crippen LogP contribution in [0.1, 0.15) is 19.4 Å². The van der Waals surface area contributed by atoms with Crippen LogP contribution in [0.5, 0.6) is 5.75 Å². The molecule has 1 aromatic carbocycles. The third-order valence-corrected chi connectivity index (χ3v) is 6.83. The van der Waals surface area contributed by atoms with Crippen molar-refractivity contribution in [2.75, 3.05) is 25.1 Å². The number of ether oxygens (including phenoxy) is 4. The maximum Gasteiger partial charge on any atom is 0.387 e. The molecule has 1 aromatic rings. The monoisotopic (exact) mass is 486 g/mol. The van der Waals surface area contributed by atoms with E-state index in [1.165, 1.54) is 24.3 Å². The lowest BCUT2D eigenvalue weighted by Crippen LogP contribution is -2.71. The summed E-state index contributed by atoms with van der Waals surface area (Å²) in [7, 11) is 0. The largest absolute Gasteiger partial charge is 0.487 e. The van der Waals surface area contributed by atoms with Crippen LogP contribution >= 0.6 is 0 Å². The van der Waals surface area contributed by atoms with Crippen molar-refractivity contribution >= 4 is 23.8 Å². The molecule has 35 heavy (non-hydrogen) atoms. The van der Waals surface area contributed by atoms with Crippen LogP contribution in [0.4, 0.5) is 14.5 Å². The van der Waals surface area contributed by atoms with E-state index in [0.717, 1.165) is 11.8 Å². The Bertz CT molecular complexity index is 1220. The maximum atomic E-state index is 12.9. The minimum atomic E-state index is -3.00. The average molecular weight is 486 g/mol. The van der Waals surface area contributed by atoms with Gasteiger partial charge in [0.05, 0.1) is 24.8 Å². The summed E-state index contributed by atoms with van der Waals surface area (Å²) in [5, 5.41) is 2.80. The molecule has 4 heterocycles. The normalized spacial score (nSPS) is 27.7. The highest BCUT2D eigenvalue weighted by Crippen LogP contribution is 2.62. The Morgan fingerprint density at radius 1 is 1.20 bits per heavy atom. The number of alkyl halides is 2. The number of nitrogens with one attached hydrogen (secondary N) is 1. The van der Waals surface area contributed by atoms with E-state index in [9.17, 15) is 13.6 Å². The predicted molar refractivity (Wildman–Crippen MR) is 123 cm³/mol. The van der Waals surface area contributed by atoms with Gasteiger partial charge in [0.25, 0.3) is 11.9 Å². The topological polar surface area (TPSA) is 117 Å². The Balaban J connectivity index is 1.45. The van der Waals surface area contributed by atoms with Crippen LogP contribution in [0.15, 0.2) is 63.9 Å². The lowest BCUT2D eigenvalue weighted by atomic mass is 9.55. The molecule has 4 aliphatic rings. The molecule has 1 fully saturated rings. The highest BCUT2D eigenvalue weighted by molar-refractivity contribution is 6.05. The van der Waals surface area contributed by atoms with Crippen LogP contribution in [-0.4, -0.2) is 50.2 Å². The number of anilines is 1. The number of carbonyl (C=O) groups is 1. The van der Waals surface area contributed by atoms with Crippen molar-refractivity contribution in [1.29, 1.82) is 0 Å². The second-order valence-electron chi connectivity index (χ2n) is 9.09. The van der Waals surface area contributed by atoms with E-state index in [-0.39, 0.29) is 24.1 Å². The molecule has 2 spiro atoms. The van der Waals surface area contributed by atoms with E-state index >= 15 is 0 Å². The quantitative estimate of drug-likeness (QED) is 0.676. The minimum Gasteiger partial charge on any atom is -0.487 e. The number of hydrogen-bond donors (Lipinski definition) is 2. The van der Waals surface area contributed by atoms with Crippen LogP contribution < -0.4 is 15.8 Å². The molecule has 0 saturated carbocycles. The Labute approximate surface area is 200 Å². The van der Waals surface area contributed by atoms with Crippen LogP contribution in [-0.2, 0) is 24.5 Å². The maximum absolute atomic E-state index is 12.9. The number of allylic oxidation sites excluding steroid dienone is 5. The summed E-state index contributed by atoms with van der Waals surface area (Å²) in [4.78, 5) is 21.7. The fourth-order valence-corrected chi connectivity index (χ4v) is 4.87. The van der Waals surface area contributed by atoms with Gasteiger partial charge >= 0.3 is 6.61 Å². The van der Waals surface area contributed by atoms with Crippen molar-refractivity contribution in [3.05, 3.63) is 59.5 Å². The van der Waals surface area contributed by atoms with Gasteiger partial charge in [0.2, 0.25) is 0 Å². The number of nitrogens with zero attached hydrogens (tertiary/aromatic N) is 2. The zero-order valence-corrected chi connectivity index (χ0v) is 19.1. The Morgan fingerprint density at radius 3 is 2.63 bits per heavy atom. The first-order chi connectivity index (χ1) is 16.7. The number of amidine groups is 1. The number of carbonyl (C=O) groups excluding carboxylic acids is 1. The number of fused-ring (bicyclic) bond motifs is 3. The Kier molecular flexibility index (Phi) is 5.39. The lowest BCUT2D eigenvalue weighted by molar-refractivity contribution is -0.247. The molecule has 0 bridgehead atoms. The molecular weight excluding hydrogens is 462 g/mol. The predicted octanol–water partition coefficient (Wildman–Crippen LogP) is 3.00. The SMILES string of the molecule is CC1(C)Oc2ccc(NC(=O)C3=C/C=C/C=C(\OC(F)F)C=N3)cc2C2(COC(N)=N2)C12COC2. The Hall–Kier alpha value is -3.73. The first-order valence-electron chi connectivity index (χ1n) is 10.9. The van der Waals surface area contributed by atoms with E-state index in [1.807, 2.05) is 13.8 Å². The lowest BCUT2D eigenvalue weighted by Gasteiger charge is -2.61. The van der Waals surface area contributed by atoms with E-state index in [4.69, 9.17) is 24.9 Å². The first-order valence-corrected chi connectivity index (χ1v) is 10.9. The molecule has 1 amide bonds. The molecule has 9 nitrogen and oxygen atoms in total. The fraction of sp³-hybridized carbons (Fsp3) is 0.375. The third kappa shape index (κ3) is 3.66. The van der Waals surface area contributed by atoms with Gasteiger partial charge in [0, 0.05) is 11.3 Å². The molecule has 0 aliphatic carbocycles. The summed E-state index contributed by atoms with van der Waals surface area (Å²) < 4.78 is 47.0. The number of nitrogens with two attached hydrogens (primary N) is 1. The molecule has 184 valence electrons. The Morgan fingerprint density at radius 2 is 1.97 bits per heavy atom. The fourth-order valence-electron chi connectivity index (χ4n) is 4.87. The number of rotatable bonds is 4. The van der Waals surface area contributed by atoms with Gasteiger partial charge in [-0.25, -0.2) is 9.98 Å². The third-order valence-electron chi connectivity index (χ3n) is 6.83. The second kappa shape index (κ2) is 8.19. The van der Waals surface area contributed by atoms with E-state index in [0.29, 0.717) is 24.7 Å². The average Bonchev–Trinajstić information content (AvgIpc) is 3.11. The van der Waals surface area contributed by atoms with Gasteiger partial charge in [-0.2, -0.15) is 8.78 Å². The number of aliphatic imine (C=N–C) groups is 2. The van der Waals surface area contributed by atoms with Gasteiger partial charge in [-0.05, 0) is 44.2 Å². The molecule has 1 saturated heterocycles. The molecule has 3 N–H and O–H groups in total. The zero-order chi connectivity index (χ0) is 24.8. The van der Waals surface area contributed by atoms with Crippen molar-refractivity contribution in [2.24, 2.45) is 21.1 Å². The van der Waals surface area contributed by atoms with Gasteiger partial charge in [-0.15, -0.1) is 0 Å². The highest BCUT2D eigenvalue weighted by atomic mass is 19.3. The minimum absolute atomic E-state index is 0.00450. The number of benzene rings is 1. The molecule has 1 unspecified atom stereocenters.